The molecule has 0 atom stereocenters. The average Bonchev–Trinajstić information content (AvgIpc) is 2.80. The van der Waals surface area contributed by atoms with Crippen molar-refractivity contribution in [3.05, 3.63) is 42.9 Å². The van der Waals surface area contributed by atoms with Gasteiger partial charge in [-0.1, -0.05) is 23.2 Å². The lowest BCUT2D eigenvalue weighted by molar-refractivity contribution is 0.503. The second-order valence-electron chi connectivity index (χ2n) is 4.60. The molecule has 0 saturated heterocycles. The summed E-state index contributed by atoms with van der Waals surface area (Å²) in [5.41, 5.74) is 0.294. The van der Waals surface area contributed by atoms with E-state index in [4.69, 9.17) is 23.2 Å². The molecule has 2 aromatic heterocycles. The normalized spacial score (nSPS) is 11.1. The molecule has 0 aliphatic rings. The topological polar surface area (TPSA) is 46.9 Å². The molecule has 0 unspecified atom stereocenters. The van der Waals surface area contributed by atoms with Crippen LogP contribution in [0.4, 0.5) is 5.69 Å². The highest BCUT2D eigenvalue weighted by Crippen LogP contribution is 2.22. The molecule has 2 rings (SSSR count). The van der Waals surface area contributed by atoms with Crippen LogP contribution in [0.2, 0.25) is 9.36 Å². The molecule has 0 spiro atoms. The van der Waals surface area contributed by atoms with Gasteiger partial charge < -0.3 is 5.32 Å². The third-order valence-electron chi connectivity index (χ3n) is 2.75. The Kier molecular flexibility index (Phi) is 5.07. The fraction of sp³-hybridized carbons (Fsp3) is 0.385. The number of nitrogens with zero attached hydrogens (tertiary/aromatic N) is 2. The summed E-state index contributed by atoms with van der Waals surface area (Å²) in [6, 6.07) is 3.85. The molecule has 1 N–H and O–H groups in total. The largest absolute Gasteiger partial charge is 0.382 e. The molecule has 0 aliphatic heterocycles. The van der Waals surface area contributed by atoms with Gasteiger partial charge >= 0.3 is 0 Å². The van der Waals surface area contributed by atoms with Crippen LogP contribution in [0.25, 0.3) is 0 Å². The molecular formula is C13H15Cl2N3OS. The van der Waals surface area contributed by atoms with E-state index in [0.717, 1.165) is 10.8 Å². The van der Waals surface area contributed by atoms with Crippen molar-refractivity contribution < 1.29 is 0 Å². The van der Waals surface area contributed by atoms with Crippen LogP contribution in [0, 0.1) is 0 Å². The molecule has 0 radical (unpaired) electrons. The first kappa shape index (κ1) is 15.4. The summed E-state index contributed by atoms with van der Waals surface area (Å²) < 4.78 is 2.14. The number of rotatable bonds is 5. The standard InChI is InChI=1S/C13H15Cl2N3OS/c1-8(2)18-13(19)12(15)10(7-17-18)16-6-5-9-3-4-11(14)20-9/h3-4,7-8,16H,5-6H2,1-2H3. The van der Waals surface area contributed by atoms with Crippen molar-refractivity contribution in [2.24, 2.45) is 0 Å². The number of anilines is 1. The summed E-state index contributed by atoms with van der Waals surface area (Å²) in [6.07, 6.45) is 2.41. The van der Waals surface area contributed by atoms with Crippen molar-refractivity contribution in [3.63, 3.8) is 0 Å². The van der Waals surface area contributed by atoms with E-state index in [1.165, 1.54) is 9.56 Å². The van der Waals surface area contributed by atoms with Crippen molar-refractivity contribution in [3.8, 4) is 0 Å². The van der Waals surface area contributed by atoms with Crippen molar-refractivity contribution >= 4 is 40.2 Å². The summed E-state index contributed by atoms with van der Waals surface area (Å²) in [5, 5.41) is 7.42. The molecular weight excluding hydrogens is 317 g/mol. The zero-order valence-corrected chi connectivity index (χ0v) is 13.5. The first-order chi connectivity index (χ1) is 9.49. The third-order valence-corrected chi connectivity index (χ3v) is 4.40. The van der Waals surface area contributed by atoms with E-state index in [-0.39, 0.29) is 16.6 Å². The summed E-state index contributed by atoms with van der Waals surface area (Å²) >= 11 is 13.5. The minimum atomic E-state index is -0.272. The van der Waals surface area contributed by atoms with Crippen LogP contribution >= 0.6 is 34.5 Å². The lowest BCUT2D eigenvalue weighted by Crippen LogP contribution is -2.26. The number of halogens is 2. The Morgan fingerprint density at radius 1 is 1.40 bits per heavy atom. The third kappa shape index (κ3) is 3.53. The maximum Gasteiger partial charge on any atom is 0.287 e. The van der Waals surface area contributed by atoms with Gasteiger partial charge in [0.15, 0.2) is 0 Å². The smallest absolute Gasteiger partial charge is 0.287 e. The fourth-order valence-corrected chi connectivity index (χ4v) is 3.03. The second-order valence-corrected chi connectivity index (χ2v) is 6.78. The van der Waals surface area contributed by atoms with Gasteiger partial charge in [-0.05, 0) is 32.4 Å². The van der Waals surface area contributed by atoms with Crippen LogP contribution < -0.4 is 10.9 Å². The summed E-state index contributed by atoms with van der Waals surface area (Å²) in [5.74, 6) is 0. The van der Waals surface area contributed by atoms with E-state index in [1.54, 1.807) is 17.5 Å². The minimum absolute atomic E-state index is 0.0117. The van der Waals surface area contributed by atoms with Crippen LogP contribution in [0.15, 0.2) is 23.1 Å². The molecule has 0 aromatic carbocycles. The fourth-order valence-electron chi connectivity index (χ4n) is 1.74. The molecule has 7 heteroatoms. The molecule has 2 aromatic rings. The Bertz CT molecular complexity index is 651. The van der Waals surface area contributed by atoms with Crippen molar-refractivity contribution in [1.29, 1.82) is 0 Å². The monoisotopic (exact) mass is 331 g/mol. The maximum atomic E-state index is 12.0. The van der Waals surface area contributed by atoms with E-state index in [0.29, 0.717) is 12.2 Å². The van der Waals surface area contributed by atoms with Gasteiger partial charge in [0.2, 0.25) is 0 Å². The lowest BCUT2D eigenvalue weighted by atomic mass is 10.3. The molecule has 20 heavy (non-hydrogen) atoms. The summed E-state index contributed by atoms with van der Waals surface area (Å²) in [7, 11) is 0. The molecule has 0 amide bonds. The molecule has 108 valence electrons. The summed E-state index contributed by atoms with van der Waals surface area (Å²) in [4.78, 5) is 13.2. The molecule has 4 nitrogen and oxygen atoms in total. The number of hydrogen-bond acceptors (Lipinski definition) is 4. The van der Waals surface area contributed by atoms with E-state index in [1.807, 2.05) is 26.0 Å². The van der Waals surface area contributed by atoms with Gasteiger partial charge in [0.05, 0.1) is 22.3 Å². The van der Waals surface area contributed by atoms with Crippen molar-refractivity contribution in [1.82, 2.24) is 9.78 Å². The highest BCUT2D eigenvalue weighted by atomic mass is 35.5. The predicted molar refractivity (Wildman–Crippen MR) is 85.4 cm³/mol. The van der Waals surface area contributed by atoms with Gasteiger partial charge in [-0.2, -0.15) is 5.10 Å². The molecule has 0 bridgehead atoms. The Morgan fingerprint density at radius 3 is 2.75 bits per heavy atom. The lowest BCUT2D eigenvalue weighted by Gasteiger charge is -2.11. The first-order valence-corrected chi connectivity index (χ1v) is 7.81. The highest BCUT2D eigenvalue weighted by molar-refractivity contribution is 7.16. The van der Waals surface area contributed by atoms with E-state index in [2.05, 4.69) is 10.4 Å². The first-order valence-electron chi connectivity index (χ1n) is 6.24. The maximum absolute atomic E-state index is 12.0. The Labute approximate surface area is 131 Å². The molecule has 2 heterocycles. The number of nitrogens with one attached hydrogen (secondary N) is 1. The zero-order chi connectivity index (χ0) is 14.7. The van der Waals surface area contributed by atoms with Gasteiger partial charge in [0, 0.05) is 11.4 Å². The predicted octanol–water partition coefficient (Wildman–Crippen LogP) is 3.85. The Balaban J connectivity index is 2.03. The van der Waals surface area contributed by atoms with Crippen LogP contribution in [-0.4, -0.2) is 16.3 Å². The van der Waals surface area contributed by atoms with E-state index < -0.39 is 0 Å². The summed E-state index contributed by atoms with van der Waals surface area (Å²) in [6.45, 7) is 4.44. The Morgan fingerprint density at radius 2 is 2.15 bits per heavy atom. The van der Waals surface area contributed by atoms with E-state index >= 15 is 0 Å². The van der Waals surface area contributed by atoms with Crippen LogP contribution in [0.5, 0.6) is 0 Å². The quantitative estimate of drug-likeness (QED) is 0.905. The van der Waals surface area contributed by atoms with Crippen LogP contribution in [0.3, 0.4) is 0 Å². The average molecular weight is 332 g/mol. The minimum Gasteiger partial charge on any atom is -0.382 e. The van der Waals surface area contributed by atoms with Gasteiger partial charge in [0.25, 0.3) is 5.56 Å². The van der Waals surface area contributed by atoms with Crippen LogP contribution in [-0.2, 0) is 6.42 Å². The van der Waals surface area contributed by atoms with E-state index in [9.17, 15) is 4.79 Å². The zero-order valence-electron chi connectivity index (χ0n) is 11.2. The number of thiophene rings is 1. The molecule has 0 fully saturated rings. The molecule has 0 aliphatic carbocycles. The molecule has 0 saturated carbocycles. The second kappa shape index (κ2) is 6.61. The SMILES string of the molecule is CC(C)n1ncc(NCCc2ccc(Cl)s2)c(Cl)c1=O. The van der Waals surface area contributed by atoms with Crippen molar-refractivity contribution in [2.45, 2.75) is 26.3 Å². The Hall–Kier alpha value is -1.04. The van der Waals surface area contributed by atoms with Gasteiger partial charge in [0.1, 0.15) is 5.02 Å². The highest BCUT2D eigenvalue weighted by Gasteiger charge is 2.10. The van der Waals surface area contributed by atoms with Crippen molar-refractivity contribution in [2.75, 3.05) is 11.9 Å². The number of aromatic nitrogens is 2. The van der Waals surface area contributed by atoms with Gasteiger partial charge in [-0.15, -0.1) is 11.3 Å². The van der Waals surface area contributed by atoms with Gasteiger partial charge in [-0.3, -0.25) is 4.79 Å². The van der Waals surface area contributed by atoms with Gasteiger partial charge in [-0.25, -0.2) is 4.68 Å². The number of hydrogen-bond donors (Lipinski definition) is 1. The van der Waals surface area contributed by atoms with Crippen LogP contribution in [0.1, 0.15) is 24.8 Å².